The molecule has 0 aromatic carbocycles. The molecule has 0 saturated heterocycles. The second kappa shape index (κ2) is 6.20. The molecule has 112 valence electrons. The van der Waals surface area contributed by atoms with Crippen LogP contribution in [-0.2, 0) is 4.79 Å². The van der Waals surface area contributed by atoms with Gasteiger partial charge in [0.05, 0.1) is 17.6 Å². The number of thiazole rings is 1. The van der Waals surface area contributed by atoms with Crippen LogP contribution in [0.5, 0.6) is 0 Å². The number of nitrogens with zero attached hydrogens (tertiary/aromatic N) is 1. The number of carboxylic acids is 1. The molecule has 0 spiro atoms. The van der Waals surface area contributed by atoms with Crippen molar-refractivity contribution in [2.45, 2.75) is 51.2 Å². The van der Waals surface area contributed by atoms with E-state index in [9.17, 15) is 9.90 Å². The van der Waals surface area contributed by atoms with Crippen molar-refractivity contribution in [3.63, 3.8) is 0 Å². The Hall–Kier alpha value is -0.980. The van der Waals surface area contributed by atoms with E-state index in [2.05, 4.69) is 10.3 Å². The van der Waals surface area contributed by atoms with E-state index < -0.39 is 11.6 Å². The van der Waals surface area contributed by atoms with Crippen molar-refractivity contribution in [3.05, 3.63) is 16.1 Å². The fourth-order valence-electron chi connectivity index (χ4n) is 2.58. The second-order valence-corrected chi connectivity index (χ2v) is 6.66. The molecule has 0 bridgehead atoms. The van der Waals surface area contributed by atoms with Gasteiger partial charge in [-0.15, -0.1) is 11.3 Å². The van der Waals surface area contributed by atoms with Crippen LogP contribution in [-0.4, -0.2) is 33.3 Å². The fraction of sp³-hybridized carbons (Fsp3) is 0.714. The van der Waals surface area contributed by atoms with Gasteiger partial charge in [0, 0.05) is 17.6 Å². The van der Waals surface area contributed by atoms with Crippen molar-refractivity contribution in [2.24, 2.45) is 5.92 Å². The average molecular weight is 298 g/mol. The minimum absolute atomic E-state index is 0.106. The molecule has 1 aromatic rings. The summed E-state index contributed by atoms with van der Waals surface area (Å²) in [5, 5.41) is 25.8. The Morgan fingerprint density at radius 1 is 1.60 bits per heavy atom. The predicted octanol–water partition coefficient (Wildman–Crippen LogP) is 2.11. The summed E-state index contributed by atoms with van der Waals surface area (Å²) in [5.74, 6) is -1.04. The van der Waals surface area contributed by atoms with E-state index in [0.717, 1.165) is 10.7 Å². The highest BCUT2D eigenvalue weighted by Crippen LogP contribution is 2.32. The van der Waals surface area contributed by atoms with Gasteiger partial charge in [-0.1, -0.05) is 0 Å². The van der Waals surface area contributed by atoms with E-state index >= 15 is 0 Å². The SMILES string of the molecule is Cc1csc(C(C)NCC2(O)CCC(C(=O)O)CC2)n1. The monoisotopic (exact) mass is 298 g/mol. The largest absolute Gasteiger partial charge is 0.481 e. The predicted molar refractivity (Wildman–Crippen MR) is 77.8 cm³/mol. The molecule has 6 heteroatoms. The Balaban J connectivity index is 1.83. The summed E-state index contributed by atoms with van der Waals surface area (Å²) in [7, 11) is 0. The molecule has 1 fully saturated rings. The van der Waals surface area contributed by atoms with Gasteiger partial charge in [0.25, 0.3) is 0 Å². The van der Waals surface area contributed by atoms with E-state index in [1.165, 1.54) is 0 Å². The topological polar surface area (TPSA) is 82.5 Å². The van der Waals surface area contributed by atoms with Gasteiger partial charge < -0.3 is 15.5 Å². The first-order valence-electron chi connectivity index (χ1n) is 7.00. The summed E-state index contributed by atoms with van der Waals surface area (Å²) < 4.78 is 0. The van der Waals surface area contributed by atoms with Gasteiger partial charge in [-0.25, -0.2) is 4.98 Å². The Kier molecular flexibility index (Phi) is 4.78. The molecule has 3 N–H and O–H groups in total. The van der Waals surface area contributed by atoms with Crippen LogP contribution in [0.25, 0.3) is 0 Å². The number of carboxylic acid groups (broad SMARTS) is 1. The molecular formula is C14H22N2O3S. The Morgan fingerprint density at radius 3 is 2.75 bits per heavy atom. The Morgan fingerprint density at radius 2 is 2.25 bits per heavy atom. The maximum atomic E-state index is 10.9. The maximum absolute atomic E-state index is 10.9. The van der Waals surface area contributed by atoms with Crippen LogP contribution >= 0.6 is 11.3 Å². The van der Waals surface area contributed by atoms with Crippen LogP contribution in [0.4, 0.5) is 0 Å². The molecule has 2 rings (SSSR count). The standard InChI is InChI=1S/C14H22N2O3S/c1-9-7-20-12(16-9)10(2)15-8-14(19)5-3-11(4-6-14)13(17)18/h7,10-11,15,19H,3-6,8H2,1-2H3,(H,17,18). The third-order valence-corrected chi connectivity index (χ3v) is 5.16. The third kappa shape index (κ3) is 3.77. The minimum atomic E-state index is -0.785. The Labute approximate surface area is 123 Å². The van der Waals surface area contributed by atoms with Gasteiger partial charge in [0.1, 0.15) is 5.01 Å². The number of nitrogens with one attached hydrogen (secondary N) is 1. The van der Waals surface area contributed by atoms with E-state index in [1.54, 1.807) is 11.3 Å². The van der Waals surface area contributed by atoms with E-state index in [1.807, 2.05) is 19.2 Å². The number of hydrogen-bond donors (Lipinski definition) is 3. The average Bonchev–Trinajstić information content (AvgIpc) is 2.83. The number of aliphatic hydroxyl groups is 1. The number of rotatable bonds is 5. The summed E-state index contributed by atoms with van der Waals surface area (Å²) in [6, 6.07) is 0.106. The second-order valence-electron chi connectivity index (χ2n) is 5.77. The summed E-state index contributed by atoms with van der Waals surface area (Å²) in [4.78, 5) is 15.3. The first kappa shape index (κ1) is 15.4. The molecule has 5 nitrogen and oxygen atoms in total. The number of carbonyl (C=O) groups is 1. The first-order valence-corrected chi connectivity index (χ1v) is 7.88. The van der Waals surface area contributed by atoms with Gasteiger partial charge in [0.15, 0.2) is 0 Å². The molecule has 1 heterocycles. The zero-order chi connectivity index (χ0) is 14.8. The summed E-state index contributed by atoms with van der Waals surface area (Å²) >= 11 is 1.61. The smallest absolute Gasteiger partial charge is 0.306 e. The molecule has 1 atom stereocenters. The van der Waals surface area contributed by atoms with Gasteiger partial charge in [-0.3, -0.25) is 4.79 Å². The lowest BCUT2D eigenvalue weighted by molar-refractivity contribution is -0.144. The summed E-state index contributed by atoms with van der Waals surface area (Å²) in [6.07, 6.45) is 2.19. The highest BCUT2D eigenvalue weighted by atomic mass is 32.1. The molecule has 0 aliphatic heterocycles. The van der Waals surface area contributed by atoms with Crippen molar-refractivity contribution < 1.29 is 15.0 Å². The molecular weight excluding hydrogens is 276 g/mol. The summed E-state index contributed by atoms with van der Waals surface area (Å²) in [5.41, 5.74) is 0.228. The van der Waals surface area contributed by atoms with Crippen LogP contribution in [0.1, 0.15) is 49.4 Å². The van der Waals surface area contributed by atoms with Crippen LogP contribution in [0.15, 0.2) is 5.38 Å². The Bertz CT molecular complexity index is 467. The molecule has 1 aromatic heterocycles. The molecule has 1 aliphatic carbocycles. The van der Waals surface area contributed by atoms with Crippen molar-refractivity contribution in [3.8, 4) is 0 Å². The lowest BCUT2D eigenvalue weighted by Crippen LogP contribution is -2.45. The minimum Gasteiger partial charge on any atom is -0.481 e. The number of hydrogen-bond acceptors (Lipinski definition) is 5. The number of aryl methyl sites for hydroxylation is 1. The number of aromatic nitrogens is 1. The quantitative estimate of drug-likeness (QED) is 0.775. The van der Waals surface area contributed by atoms with Crippen LogP contribution in [0.2, 0.25) is 0 Å². The molecule has 1 unspecified atom stereocenters. The third-order valence-electron chi connectivity index (χ3n) is 4.01. The van der Waals surface area contributed by atoms with Crippen LogP contribution in [0, 0.1) is 12.8 Å². The lowest BCUT2D eigenvalue weighted by Gasteiger charge is -2.35. The van der Waals surface area contributed by atoms with Crippen molar-refractivity contribution in [2.75, 3.05) is 6.54 Å². The van der Waals surface area contributed by atoms with Gasteiger partial charge in [0.2, 0.25) is 0 Å². The molecule has 0 radical (unpaired) electrons. The van der Waals surface area contributed by atoms with E-state index in [0.29, 0.717) is 32.2 Å². The fourth-order valence-corrected chi connectivity index (χ4v) is 3.41. The first-order chi connectivity index (χ1) is 9.39. The molecule has 1 aliphatic rings. The van der Waals surface area contributed by atoms with Gasteiger partial charge in [-0.2, -0.15) is 0 Å². The van der Waals surface area contributed by atoms with Crippen molar-refractivity contribution >= 4 is 17.3 Å². The van der Waals surface area contributed by atoms with Crippen molar-refractivity contribution in [1.29, 1.82) is 0 Å². The zero-order valence-electron chi connectivity index (χ0n) is 11.9. The highest BCUT2D eigenvalue weighted by molar-refractivity contribution is 7.09. The number of aliphatic carboxylic acids is 1. The zero-order valence-corrected chi connectivity index (χ0v) is 12.7. The summed E-state index contributed by atoms with van der Waals surface area (Å²) in [6.45, 7) is 4.48. The highest BCUT2D eigenvalue weighted by Gasteiger charge is 2.35. The van der Waals surface area contributed by atoms with Crippen molar-refractivity contribution in [1.82, 2.24) is 10.3 Å². The molecule has 1 saturated carbocycles. The van der Waals surface area contributed by atoms with E-state index in [-0.39, 0.29) is 12.0 Å². The maximum Gasteiger partial charge on any atom is 0.306 e. The van der Waals surface area contributed by atoms with Gasteiger partial charge >= 0.3 is 5.97 Å². The molecule has 20 heavy (non-hydrogen) atoms. The molecule has 0 amide bonds. The van der Waals surface area contributed by atoms with E-state index in [4.69, 9.17) is 5.11 Å². The normalized spacial score (nSPS) is 28.2. The van der Waals surface area contributed by atoms with Crippen LogP contribution < -0.4 is 5.32 Å². The lowest BCUT2D eigenvalue weighted by atomic mass is 9.78. The van der Waals surface area contributed by atoms with Gasteiger partial charge in [-0.05, 0) is 39.5 Å². The van der Waals surface area contributed by atoms with Crippen LogP contribution in [0.3, 0.4) is 0 Å².